The van der Waals surface area contributed by atoms with Crippen LogP contribution in [-0.4, -0.2) is 250 Å². The number of hydrogen-bond donors (Lipinski definition) is 12. The number of carbonyl (C=O) groups is 5. The van der Waals surface area contributed by atoms with Gasteiger partial charge in [-0.05, 0) is 26.1 Å². The molecule has 371 valence electrons. The molecule has 1 rings (SSSR count). The van der Waals surface area contributed by atoms with Gasteiger partial charge in [-0.2, -0.15) is 0 Å². The number of ether oxygens (including phenoxy) is 1. The molecule has 0 aliphatic heterocycles. The Kier molecular flexibility index (Phi) is 39.3. The summed E-state index contributed by atoms with van der Waals surface area (Å²) in [6.45, 7) is -4.36. The van der Waals surface area contributed by atoms with Crippen LogP contribution in [0.4, 0.5) is 0 Å². The predicted octanol–water partition coefficient (Wildman–Crippen LogP) is -13.9. The summed E-state index contributed by atoms with van der Waals surface area (Å²) in [5, 5.41) is 151. The second-order valence-electron chi connectivity index (χ2n) is 13.8. The molecule has 0 amide bonds. The molecule has 1 unspecified atom stereocenters. The number of carbonyl (C=O) groups excluding carboxylic acids is 5. The van der Waals surface area contributed by atoms with E-state index >= 15 is 0 Å². The van der Waals surface area contributed by atoms with E-state index in [-0.39, 0.29) is 95.2 Å². The maximum absolute atomic E-state index is 11.7. The van der Waals surface area contributed by atoms with Gasteiger partial charge < -0.3 is 116 Å². The fraction of sp³-hybridized carbons (Fsp3) is 0.703. The third-order valence-electron chi connectivity index (χ3n) is 8.68. The van der Waals surface area contributed by atoms with Crippen LogP contribution in [0.1, 0.15) is 14.8 Å². The maximum Gasteiger partial charge on any atom is 3.00 e. The molecule has 0 aliphatic carbocycles. The minimum absolute atomic E-state index is 0. The monoisotopic (exact) mass is 1070 g/mol. The smallest absolute Gasteiger partial charge is 0.550 e. The van der Waals surface area contributed by atoms with Crippen molar-refractivity contribution in [3.63, 3.8) is 0 Å². The van der Waals surface area contributed by atoms with E-state index in [4.69, 9.17) is 45.6 Å². The van der Waals surface area contributed by atoms with Gasteiger partial charge in [0.2, 0.25) is 0 Å². The van der Waals surface area contributed by atoms with Crippen molar-refractivity contribution >= 4 is 29.8 Å². The van der Waals surface area contributed by atoms with Crippen LogP contribution in [-0.2, 0) is 35.3 Å². The molecule has 1 aromatic carbocycles. The SMILES string of the molecule is CNC[C@H](O)[C@@H](O)[C@H](O)[C@H](O)CO.CNC[C@H](O)[C@@H](O)[C@H](O)[C@H](O)CO.O=C([O-])CCN(CCN(CCN(CC(=O)[O-])C(COCc1ccccc1)C(=O)[O-])CC(=O)[O-])CC(=O)[O-].[Gd+3].[H+].[H+]. The van der Waals surface area contributed by atoms with Gasteiger partial charge >= 0.3 is 42.8 Å². The van der Waals surface area contributed by atoms with E-state index in [9.17, 15) is 59.7 Å². The van der Waals surface area contributed by atoms with Crippen LogP contribution in [0.25, 0.3) is 0 Å². The van der Waals surface area contributed by atoms with Crippen LogP contribution >= 0.6 is 0 Å². The number of hydrogen-bond acceptors (Lipinski definition) is 26. The summed E-state index contributed by atoms with van der Waals surface area (Å²) in [7, 11) is 3.15. The van der Waals surface area contributed by atoms with E-state index in [1.54, 1.807) is 44.4 Å². The van der Waals surface area contributed by atoms with Crippen LogP contribution in [0.5, 0.6) is 0 Å². The van der Waals surface area contributed by atoms with Gasteiger partial charge in [0.1, 0.15) is 36.6 Å². The molecule has 0 spiro atoms. The summed E-state index contributed by atoms with van der Waals surface area (Å²) in [6, 6.07) is 7.31. The first kappa shape index (κ1) is 65.5. The molecule has 0 saturated carbocycles. The number of rotatable bonds is 33. The topological polar surface area (TPSA) is 446 Å². The van der Waals surface area contributed by atoms with Crippen molar-refractivity contribution in [2.24, 2.45) is 0 Å². The summed E-state index contributed by atoms with van der Waals surface area (Å²) < 4.78 is 5.42. The molecule has 1 aromatic rings. The van der Waals surface area contributed by atoms with E-state index in [0.29, 0.717) is 0 Å². The summed E-state index contributed by atoms with van der Waals surface area (Å²) in [4.78, 5) is 59.3. The molecule has 64 heavy (non-hydrogen) atoms. The van der Waals surface area contributed by atoms with Crippen molar-refractivity contribution < 1.29 is 148 Å². The van der Waals surface area contributed by atoms with Crippen molar-refractivity contribution in [3.8, 4) is 0 Å². The van der Waals surface area contributed by atoms with Crippen molar-refractivity contribution in [1.82, 2.24) is 25.3 Å². The van der Waals surface area contributed by atoms with Crippen molar-refractivity contribution in [1.29, 1.82) is 0 Å². The Hall–Kier alpha value is -2.75. The average Bonchev–Trinajstić information content (AvgIpc) is 3.23. The number of aliphatic hydroxyl groups is 10. The zero-order chi connectivity index (χ0) is 48.7. The number of benzene rings is 1. The molecule has 26 nitrogen and oxygen atoms in total. The van der Waals surface area contributed by atoms with Gasteiger partial charge in [-0.15, -0.1) is 0 Å². The van der Waals surface area contributed by atoms with E-state index in [0.717, 1.165) is 10.5 Å². The second-order valence-corrected chi connectivity index (χ2v) is 13.8. The first-order valence-electron chi connectivity index (χ1n) is 19.3. The Labute approximate surface area is 404 Å². The normalized spacial score (nSPS) is 15.4. The van der Waals surface area contributed by atoms with Gasteiger partial charge in [-0.1, -0.05) is 30.3 Å². The Morgan fingerprint density at radius 1 is 0.594 bits per heavy atom. The third kappa shape index (κ3) is 31.2. The third-order valence-corrected chi connectivity index (χ3v) is 8.68. The first-order valence-corrected chi connectivity index (χ1v) is 19.3. The molecule has 0 heterocycles. The van der Waals surface area contributed by atoms with Gasteiger partial charge in [0.05, 0.1) is 68.6 Å². The molecule has 0 fully saturated rings. The van der Waals surface area contributed by atoms with Gasteiger partial charge in [0, 0.05) is 71.4 Å². The van der Waals surface area contributed by atoms with E-state index in [1.165, 1.54) is 9.80 Å². The summed E-state index contributed by atoms with van der Waals surface area (Å²) in [5.41, 5.74) is 0.756. The first-order chi connectivity index (χ1) is 29.6. The minimum atomic E-state index is -1.61. The fourth-order valence-electron chi connectivity index (χ4n) is 5.19. The average molecular weight is 1070 g/mol. The van der Waals surface area contributed by atoms with Crippen LogP contribution in [0.2, 0.25) is 0 Å². The molecule has 0 bridgehead atoms. The molecule has 0 aliphatic rings. The van der Waals surface area contributed by atoms with Gasteiger partial charge in [0.25, 0.3) is 0 Å². The zero-order valence-corrected chi connectivity index (χ0v) is 37.6. The standard InChI is InChI=1S/C23H33N3O11.2C7H17NO5.Gd/c27-19(28)6-7-24(12-20(29)30)8-9-25(13-21(31)32)10-11-26(14-22(33)34)18(23(35)36)16-37-15-17-4-2-1-3-5-17;2*1-8-2-4(10)6(12)7(13)5(11)3-9;/h1-5,18H,6-16H2,(H,27,28)(H,29,30)(H,31,32)(H,33,34)(H,35,36);2*4-13H,2-3H2,1H3;/q;;;+3/p-3/t;2*4-,5+,6+,7+;/m.00./s1. The summed E-state index contributed by atoms with van der Waals surface area (Å²) >= 11 is 0. The molecule has 12 N–H and O–H groups in total. The zero-order valence-electron chi connectivity index (χ0n) is 37.3. The van der Waals surface area contributed by atoms with Crippen LogP contribution in [0, 0.1) is 39.9 Å². The van der Waals surface area contributed by atoms with E-state index in [1.807, 2.05) is 0 Å². The number of carboxylic acid groups (broad SMARTS) is 5. The van der Waals surface area contributed by atoms with Crippen molar-refractivity contribution in [3.05, 3.63) is 35.9 Å². The number of nitrogens with one attached hydrogen (secondary N) is 2. The minimum Gasteiger partial charge on any atom is -0.550 e. The molecule has 0 aromatic heterocycles. The molecule has 1 radical (unpaired) electrons. The van der Waals surface area contributed by atoms with Gasteiger partial charge in [-0.3, -0.25) is 14.7 Å². The van der Waals surface area contributed by atoms with Crippen LogP contribution < -0.4 is 36.2 Å². The fourth-order valence-corrected chi connectivity index (χ4v) is 5.19. The molecule has 27 heteroatoms. The van der Waals surface area contributed by atoms with Gasteiger partial charge in [0.15, 0.2) is 0 Å². The van der Waals surface area contributed by atoms with E-state index in [2.05, 4.69) is 10.6 Å². The van der Waals surface area contributed by atoms with Crippen molar-refractivity contribution in [2.45, 2.75) is 67.9 Å². The molecule has 9 atom stereocenters. The largest absolute Gasteiger partial charge is 3.00 e. The molecule has 0 saturated heterocycles. The maximum atomic E-state index is 11.7. The number of aliphatic carboxylic acids is 5. The molecular formula is C37H64GdN5O21. The number of nitrogens with zero attached hydrogens (tertiary/aromatic N) is 3. The van der Waals surface area contributed by atoms with Crippen LogP contribution in [0.3, 0.4) is 0 Å². The Morgan fingerprint density at radius 2 is 0.984 bits per heavy atom. The van der Waals surface area contributed by atoms with Crippen molar-refractivity contribution in [2.75, 3.05) is 99.4 Å². The second kappa shape index (κ2) is 38.4. The Balaban J connectivity index is -0.000000352. The Morgan fingerprint density at radius 3 is 1.34 bits per heavy atom. The summed E-state index contributed by atoms with van der Waals surface area (Å²) in [5.74, 6) is -7.56. The number of aliphatic hydroxyl groups excluding tert-OH is 10. The number of likely N-dealkylation sites (N-methyl/N-ethyl adjacent to an activating group) is 2. The number of carboxylic acids is 5. The quantitative estimate of drug-likeness (QED) is 0.0311. The van der Waals surface area contributed by atoms with E-state index < -0.39 is 131 Å². The van der Waals surface area contributed by atoms with Gasteiger partial charge in [-0.25, -0.2) is 0 Å². The Bertz CT molecular complexity index is 1400. The van der Waals surface area contributed by atoms with Crippen LogP contribution in [0.15, 0.2) is 30.3 Å². The summed E-state index contributed by atoms with van der Waals surface area (Å²) in [6.07, 6.45) is -11.8. The predicted molar refractivity (Wildman–Crippen MR) is 206 cm³/mol. The molecular weight excluding hydrogens is 1010 g/mol.